The number of carbonyl (C=O) groups is 1. The maximum atomic E-state index is 11.7. The predicted molar refractivity (Wildman–Crippen MR) is 55.6 cm³/mol. The highest BCUT2D eigenvalue weighted by molar-refractivity contribution is 5.74. The van der Waals surface area contributed by atoms with Crippen molar-refractivity contribution in [2.24, 2.45) is 7.05 Å². The van der Waals surface area contributed by atoms with E-state index in [9.17, 15) is 4.79 Å². The molecule has 7 heteroatoms. The molecule has 1 aromatic heterocycles. The SMILES string of the molecule is Cn1cnnc1CNC(=O)N1CCOCC1. The number of morpholine rings is 1. The fraction of sp³-hybridized carbons (Fsp3) is 0.667. The van der Waals surface area contributed by atoms with Crippen molar-refractivity contribution in [2.45, 2.75) is 6.54 Å². The van der Waals surface area contributed by atoms with E-state index in [-0.39, 0.29) is 6.03 Å². The molecule has 2 rings (SSSR count). The van der Waals surface area contributed by atoms with Gasteiger partial charge < -0.3 is 19.5 Å². The van der Waals surface area contributed by atoms with Gasteiger partial charge >= 0.3 is 6.03 Å². The van der Waals surface area contributed by atoms with E-state index in [4.69, 9.17) is 4.74 Å². The van der Waals surface area contributed by atoms with E-state index in [2.05, 4.69) is 15.5 Å². The van der Waals surface area contributed by atoms with Crippen LogP contribution in [-0.2, 0) is 18.3 Å². The summed E-state index contributed by atoms with van der Waals surface area (Å²) in [5.41, 5.74) is 0. The molecule has 16 heavy (non-hydrogen) atoms. The van der Waals surface area contributed by atoms with Crippen LogP contribution in [0.3, 0.4) is 0 Å². The molecule has 1 saturated heterocycles. The van der Waals surface area contributed by atoms with Gasteiger partial charge in [0.25, 0.3) is 0 Å². The number of nitrogens with zero attached hydrogens (tertiary/aromatic N) is 4. The molecule has 0 aliphatic carbocycles. The molecule has 0 unspecified atom stereocenters. The first-order valence-electron chi connectivity index (χ1n) is 5.21. The summed E-state index contributed by atoms with van der Waals surface area (Å²) in [4.78, 5) is 13.4. The monoisotopic (exact) mass is 225 g/mol. The van der Waals surface area contributed by atoms with Gasteiger partial charge in [0.1, 0.15) is 6.33 Å². The van der Waals surface area contributed by atoms with Gasteiger partial charge in [0, 0.05) is 20.1 Å². The molecule has 2 amide bonds. The molecule has 0 radical (unpaired) electrons. The molecule has 0 atom stereocenters. The molecular weight excluding hydrogens is 210 g/mol. The number of nitrogens with one attached hydrogen (secondary N) is 1. The van der Waals surface area contributed by atoms with E-state index in [1.807, 2.05) is 7.05 Å². The van der Waals surface area contributed by atoms with E-state index in [0.717, 1.165) is 5.82 Å². The molecule has 0 aromatic carbocycles. The van der Waals surface area contributed by atoms with Crippen molar-refractivity contribution in [1.82, 2.24) is 25.0 Å². The number of ether oxygens (including phenoxy) is 1. The molecule has 7 nitrogen and oxygen atoms in total. The smallest absolute Gasteiger partial charge is 0.317 e. The van der Waals surface area contributed by atoms with E-state index in [1.54, 1.807) is 15.8 Å². The normalized spacial score (nSPS) is 16.2. The van der Waals surface area contributed by atoms with Crippen LogP contribution in [0.25, 0.3) is 0 Å². The molecular formula is C9H15N5O2. The summed E-state index contributed by atoms with van der Waals surface area (Å²) in [5, 5.41) is 10.4. The number of hydrogen-bond acceptors (Lipinski definition) is 4. The third kappa shape index (κ3) is 2.48. The van der Waals surface area contributed by atoms with Crippen LogP contribution in [0.2, 0.25) is 0 Å². The minimum Gasteiger partial charge on any atom is -0.378 e. The first-order chi connectivity index (χ1) is 7.77. The first kappa shape index (κ1) is 10.9. The maximum Gasteiger partial charge on any atom is 0.317 e. The Balaban J connectivity index is 1.81. The lowest BCUT2D eigenvalue weighted by Crippen LogP contribution is -2.46. The van der Waals surface area contributed by atoms with Crippen LogP contribution >= 0.6 is 0 Å². The van der Waals surface area contributed by atoms with Crippen LogP contribution in [0.1, 0.15) is 5.82 Å². The average molecular weight is 225 g/mol. The molecule has 0 spiro atoms. The second-order valence-corrected chi connectivity index (χ2v) is 3.62. The number of aryl methyl sites for hydroxylation is 1. The van der Waals surface area contributed by atoms with Crippen LogP contribution in [0.4, 0.5) is 4.79 Å². The molecule has 0 saturated carbocycles. The van der Waals surface area contributed by atoms with Gasteiger partial charge in [0.15, 0.2) is 5.82 Å². The summed E-state index contributed by atoms with van der Waals surface area (Å²) in [6, 6.07) is -0.0775. The van der Waals surface area contributed by atoms with Gasteiger partial charge in [-0.3, -0.25) is 0 Å². The molecule has 88 valence electrons. The molecule has 0 bridgehead atoms. The van der Waals surface area contributed by atoms with Gasteiger partial charge in [-0.05, 0) is 0 Å². The van der Waals surface area contributed by atoms with Crippen molar-refractivity contribution < 1.29 is 9.53 Å². The molecule has 1 fully saturated rings. The van der Waals surface area contributed by atoms with Crippen LogP contribution in [0, 0.1) is 0 Å². The van der Waals surface area contributed by atoms with Crippen LogP contribution < -0.4 is 5.32 Å². The van der Waals surface area contributed by atoms with E-state index < -0.39 is 0 Å². The van der Waals surface area contributed by atoms with Gasteiger partial charge in [0.05, 0.1) is 19.8 Å². The highest BCUT2D eigenvalue weighted by Gasteiger charge is 2.16. The van der Waals surface area contributed by atoms with E-state index in [0.29, 0.717) is 32.8 Å². The lowest BCUT2D eigenvalue weighted by atomic mass is 10.4. The first-order valence-corrected chi connectivity index (χ1v) is 5.21. The largest absolute Gasteiger partial charge is 0.378 e. The second-order valence-electron chi connectivity index (χ2n) is 3.62. The number of urea groups is 1. The number of aromatic nitrogens is 3. The Kier molecular flexibility index (Phi) is 3.35. The van der Waals surface area contributed by atoms with Crippen LogP contribution in [-0.4, -0.2) is 52.0 Å². The maximum absolute atomic E-state index is 11.7. The Hall–Kier alpha value is -1.63. The van der Waals surface area contributed by atoms with Crippen molar-refractivity contribution in [2.75, 3.05) is 26.3 Å². The molecule has 2 heterocycles. The highest BCUT2D eigenvalue weighted by atomic mass is 16.5. The average Bonchev–Trinajstić information content (AvgIpc) is 2.73. The zero-order valence-corrected chi connectivity index (χ0v) is 9.22. The van der Waals surface area contributed by atoms with Crippen LogP contribution in [0.15, 0.2) is 6.33 Å². The Morgan fingerprint density at radius 2 is 2.31 bits per heavy atom. The van der Waals surface area contributed by atoms with Crippen molar-refractivity contribution >= 4 is 6.03 Å². The van der Waals surface area contributed by atoms with Crippen molar-refractivity contribution in [3.05, 3.63) is 12.2 Å². The Labute approximate surface area is 93.4 Å². The Morgan fingerprint density at radius 3 is 2.94 bits per heavy atom. The van der Waals surface area contributed by atoms with Crippen LogP contribution in [0.5, 0.6) is 0 Å². The number of hydrogen-bond donors (Lipinski definition) is 1. The molecule has 1 aliphatic rings. The Morgan fingerprint density at radius 1 is 1.56 bits per heavy atom. The fourth-order valence-corrected chi connectivity index (χ4v) is 1.50. The summed E-state index contributed by atoms with van der Waals surface area (Å²) in [7, 11) is 1.84. The standard InChI is InChI=1S/C9H15N5O2/c1-13-7-11-12-8(13)6-10-9(15)14-2-4-16-5-3-14/h7H,2-6H2,1H3,(H,10,15). The molecule has 1 N–H and O–H groups in total. The quantitative estimate of drug-likeness (QED) is 0.726. The van der Waals surface area contributed by atoms with Gasteiger partial charge in [-0.2, -0.15) is 0 Å². The fourth-order valence-electron chi connectivity index (χ4n) is 1.50. The Bertz CT molecular complexity index is 359. The van der Waals surface area contributed by atoms with Gasteiger partial charge in [0.2, 0.25) is 0 Å². The zero-order chi connectivity index (χ0) is 11.4. The lowest BCUT2D eigenvalue weighted by Gasteiger charge is -2.26. The topological polar surface area (TPSA) is 72.3 Å². The second kappa shape index (κ2) is 4.93. The van der Waals surface area contributed by atoms with Gasteiger partial charge in [-0.25, -0.2) is 4.79 Å². The number of rotatable bonds is 2. The van der Waals surface area contributed by atoms with E-state index in [1.165, 1.54) is 0 Å². The van der Waals surface area contributed by atoms with Crippen molar-refractivity contribution in [3.8, 4) is 0 Å². The number of carbonyl (C=O) groups excluding carboxylic acids is 1. The summed E-state index contributed by atoms with van der Waals surface area (Å²) >= 11 is 0. The summed E-state index contributed by atoms with van der Waals surface area (Å²) < 4.78 is 6.95. The third-order valence-electron chi connectivity index (χ3n) is 2.50. The minimum atomic E-state index is -0.0775. The third-order valence-corrected chi connectivity index (χ3v) is 2.50. The molecule has 1 aromatic rings. The van der Waals surface area contributed by atoms with E-state index >= 15 is 0 Å². The number of amides is 2. The summed E-state index contributed by atoms with van der Waals surface area (Å²) in [6.07, 6.45) is 1.61. The minimum absolute atomic E-state index is 0.0775. The summed E-state index contributed by atoms with van der Waals surface area (Å²) in [5.74, 6) is 0.738. The molecule has 1 aliphatic heterocycles. The lowest BCUT2D eigenvalue weighted by molar-refractivity contribution is 0.0531. The summed E-state index contributed by atoms with van der Waals surface area (Å²) in [6.45, 7) is 2.90. The highest BCUT2D eigenvalue weighted by Crippen LogP contribution is 1.98. The van der Waals surface area contributed by atoms with Crippen molar-refractivity contribution in [1.29, 1.82) is 0 Å². The van der Waals surface area contributed by atoms with Gasteiger partial charge in [-0.1, -0.05) is 0 Å². The van der Waals surface area contributed by atoms with Gasteiger partial charge in [-0.15, -0.1) is 10.2 Å². The predicted octanol–water partition coefficient (Wildman–Crippen LogP) is -0.643. The van der Waals surface area contributed by atoms with Crippen molar-refractivity contribution in [3.63, 3.8) is 0 Å². The zero-order valence-electron chi connectivity index (χ0n) is 9.22.